The Labute approximate surface area is 246 Å². The van der Waals surface area contributed by atoms with Crippen LogP contribution in [-0.2, 0) is 32.3 Å². The first-order valence-electron chi connectivity index (χ1n) is 12.4. The number of carbonyl (C=O) groups excluding carboxylic acids is 2. The van der Waals surface area contributed by atoms with E-state index in [0.717, 1.165) is 17.0 Å². The lowest BCUT2D eigenvalue weighted by molar-refractivity contribution is -0.139. The molecule has 0 unspecified atom stereocenters. The van der Waals surface area contributed by atoms with Crippen molar-refractivity contribution in [3.63, 3.8) is 0 Å². The molecule has 0 spiro atoms. The average Bonchev–Trinajstić information content (AvgIpc) is 2.90. The molecular formula is C28H28Cl2F3N3O4S. The molecule has 0 aliphatic heterocycles. The summed E-state index contributed by atoms with van der Waals surface area (Å²) in [7, 11) is -4.55. The number of nitrogens with one attached hydrogen (secondary N) is 1. The van der Waals surface area contributed by atoms with Gasteiger partial charge < -0.3 is 10.2 Å². The van der Waals surface area contributed by atoms with Gasteiger partial charge >= 0.3 is 6.18 Å². The lowest BCUT2D eigenvalue weighted by Gasteiger charge is -2.32. The van der Waals surface area contributed by atoms with Crippen molar-refractivity contribution >= 4 is 50.7 Å². The highest BCUT2D eigenvalue weighted by Crippen LogP contribution is 2.38. The van der Waals surface area contributed by atoms with E-state index in [1.54, 1.807) is 44.2 Å². The number of carbonyl (C=O) groups is 2. The average molecular weight is 631 g/mol. The summed E-state index contributed by atoms with van der Waals surface area (Å²) >= 11 is 12.1. The maximum atomic E-state index is 13.8. The van der Waals surface area contributed by atoms with Crippen LogP contribution in [0.1, 0.15) is 31.9 Å². The minimum Gasteiger partial charge on any atom is -0.352 e. The molecule has 2 amide bonds. The van der Waals surface area contributed by atoms with E-state index < -0.39 is 56.9 Å². The van der Waals surface area contributed by atoms with Crippen LogP contribution >= 0.6 is 23.2 Å². The van der Waals surface area contributed by atoms with Crippen molar-refractivity contribution in [2.24, 2.45) is 0 Å². The topological polar surface area (TPSA) is 86.8 Å². The quantitative estimate of drug-likeness (QED) is 0.291. The Hall–Kier alpha value is -3.28. The molecule has 0 saturated heterocycles. The van der Waals surface area contributed by atoms with Gasteiger partial charge in [0.1, 0.15) is 12.6 Å². The van der Waals surface area contributed by atoms with Crippen LogP contribution < -0.4 is 9.62 Å². The van der Waals surface area contributed by atoms with Gasteiger partial charge in [-0.1, -0.05) is 59.6 Å². The highest BCUT2D eigenvalue weighted by atomic mass is 35.5. The second-order valence-corrected chi connectivity index (χ2v) is 12.1. The second-order valence-electron chi connectivity index (χ2n) is 9.44. The van der Waals surface area contributed by atoms with Crippen LogP contribution in [0.25, 0.3) is 0 Å². The third-order valence-corrected chi connectivity index (χ3v) is 8.54. The monoisotopic (exact) mass is 629 g/mol. The van der Waals surface area contributed by atoms with Crippen molar-refractivity contribution in [3.8, 4) is 0 Å². The number of amides is 2. The fraction of sp³-hybridized carbons (Fsp3) is 0.286. The minimum absolute atomic E-state index is 0.168. The molecule has 0 radical (unpaired) electrons. The predicted molar refractivity (Wildman–Crippen MR) is 152 cm³/mol. The van der Waals surface area contributed by atoms with E-state index in [-0.39, 0.29) is 17.5 Å². The molecule has 0 heterocycles. The summed E-state index contributed by atoms with van der Waals surface area (Å²) in [6.07, 6.45) is -4.89. The van der Waals surface area contributed by atoms with E-state index in [1.807, 2.05) is 0 Å². The van der Waals surface area contributed by atoms with Crippen molar-refractivity contribution in [3.05, 3.63) is 94.0 Å². The van der Waals surface area contributed by atoms with Crippen LogP contribution in [0.15, 0.2) is 77.7 Å². The zero-order valence-electron chi connectivity index (χ0n) is 22.3. The Morgan fingerprint density at radius 3 is 2.10 bits per heavy atom. The Balaban J connectivity index is 2.12. The molecule has 0 bridgehead atoms. The molecule has 13 heteroatoms. The van der Waals surface area contributed by atoms with E-state index in [1.165, 1.54) is 31.2 Å². The molecule has 0 fully saturated rings. The first kappa shape index (κ1) is 32.2. The molecule has 1 atom stereocenters. The fourth-order valence-electron chi connectivity index (χ4n) is 3.93. The van der Waals surface area contributed by atoms with Gasteiger partial charge in [-0.05, 0) is 62.7 Å². The molecule has 0 aliphatic rings. The lowest BCUT2D eigenvalue weighted by Crippen LogP contribution is -2.52. The van der Waals surface area contributed by atoms with Gasteiger partial charge in [-0.25, -0.2) is 8.42 Å². The van der Waals surface area contributed by atoms with Crippen LogP contribution in [0.5, 0.6) is 0 Å². The van der Waals surface area contributed by atoms with Gasteiger partial charge in [0.05, 0.1) is 21.2 Å². The van der Waals surface area contributed by atoms with E-state index in [0.29, 0.717) is 21.0 Å². The lowest BCUT2D eigenvalue weighted by atomic mass is 10.1. The van der Waals surface area contributed by atoms with Crippen LogP contribution in [0.4, 0.5) is 18.9 Å². The second kappa shape index (κ2) is 13.1. The summed E-state index contributed by atoms with van der Waals surface area (Å²) in [5.74, 6) is -1.36. The number of hydrogen-bond donors (Lipinski definition) is 1. The van der Waals surface area contributed by atoms with Gasteiger partial charge in [-0.3, -0.25) is 13.9 Å². The maximum Gasteiger partial charge on any atom is 0.417 e. The predicted octanol–water partition coefficient (Wildman–Crippen LogP) is 6.15. The standard InChI is InChI=1S/C28H28Cl2F3N3O4S/c1-18(2)34-27(38)19(3)35(16-20-9-7-8-12-24(20)29)26(37)17-36(41(39,40)22-10-5-4-6-11-22)21-13-14-25(30)23(15-21)28(31,32)33/h4-15,18-19H,16-17H2,1-3H3,(H,34,38)/t19-/m0/s1. The molecule has 41 heavy (non-hydrogen) atoms. The van der Waals surface area contributed by atoms with E-state index in [2.05, 4.69) is 5.32 Å². The molecular weight excluding hydrogens is 602 g/mol. The number of rotatable bonds is 10. The summed E-state index contributed by atoms with van der Waals surface area (Å²) < 4.78 is 69.1. The van der Waals surface area contributed by atoms with Crippen LogP contribution in [0, 0.1) is 0 Å². The highest BCUT2D eigenvalue weighted by Gasteiger charge is 2.37. The summed E-state index contributed by atoms with van der Waals surface area (Å²) in [6.45, 7) is 3.85. The van der Waals surface area contributed by atoms with Crippen molar-refractivity contribution in [1.82, 2.24) is 10.2 Å². The van der Waals surface area contributed by atoms with E-state index in [4.69, 9.17) is 23.2 Å². The van der Waals surface area contributed by atoms with Gasteiger partial charge in [0, 0.05) is 17.6 Å². The van der Waals surface area contributed by atoms with Crippen LogP contribution in [0.3, 0.4) is 0 Å². The Morgan fingerprint density at radius 2 is 1.51 bits per heavy atom. The third kappa shape index (κ3) is 7.93. The minimum atomic E-state index is -4.89. The first-order chi connectivity index (χ1) is 19.1. The molecule has 3 aromatic rings. The smallest absolute Gasteiger partial charge is 0.352 e. The van der Waals surface area contributed by atoms with Gasteiger partial charge in [0.15, 0.2) is 0 Å². The van der Waals surface area contributed by atoms with Crippen molar-refractivity contribution in [2.75, 3.05) is 10.8 Å². The van der Waals surface area contributed by atoms with Crippen LogP contribution in [0.2, 0.25) is 10.0 Å². The Bertz CT molecular complexity index is 1500. The van der Waals surface area contributed by atoms with Gasteiger partial charge in [0.25, 0.3) is 10.0 Å². The SMILES string of the molecule is CC(C)NC(=O)[C@H](C)N(Cc1ccccc1Cl)C(=O)CN(c1ccc(Cl)c(C(F)(F)F)c1)S(=O)(=O)c1ccccc1. The summed E-state index contributed by atoms with van der Waals surface area (Å²) in [5, 5.41) is 2.39. The molecule has 7 nitrogen and oxygen atoms in total. The van der Waals surface area contributed by atoms with Crippen molar-refractivity contribution in [1.29, 1.82) is 0 Å². The van der Waals surface area contributed by atoms with Crippen LogP contribution in [-0.4, -0.2) is 43.8 Å². The molecule has 220 valence electrons. The number of nitrogens with zero attached hydrogens (tertiary/aromatic N) is 2. The number of alkyl halides is 3. The maximum absolute atomic E-state index is 13.8. The Morgan fingerprint density at radius 1 is 0.902 bits per heavy atom. The molecule has 1 N–H and O–H groups in total. The zero-order valence-corrected chi connectivity index (χ0v) is 24.7. The molecule has 3 rings (SSSR count). The molecule has 0 aromatic heterocycles. The van der Waals surface area contributed by atoms with Gasteiger partial charge in [-0.2, -0.15) is 13.2 Å². The summed E-state index contributed by atoms with van der Waals surface area (Å²) in [6, 6.07) is 14.8. The number of benzene rings is 3. The number of halogens is 5. The summed E-state index contributed by atoms with van der Waals surface area (Å²) in [4.78, 5) is 27.7. The third-order valence-electron chi connectivity index (χ3n) is 6.05. The highest BCUT2D eigenvalue weighted by molar-refractivity contribution is 7.92. The normalized spacial score (nSPS) is 12.6. The first-order valence-corrected chi connectivity index (χ1v) is 14.6. The summed E-state index contributed by atoms with van der Waals surface area (Å²) in [5.41, 5.74) is -1.22. The molecule has 0 saturated carbocycles. The molecule has 0 aliphatic carbocycles. The number of hydrogen-bond acceptors (Lipinski definition) is 4. The largest absolute Gasteiger partial charge is 0.417 e. The van der Waals surface area contributed by atoms with Crippen molar-refractivity contribution < 1.29 is 31.2 Å². The fourth-order valence-corrected chi connectivity index (χ4v) is 5.78. The number of sulfonamides is 1. The van der Waals surface area contributed by atoms with E-state index >= 15 is 0 Å². The van der Waals surface area contributed by atoms with E-state index in [9.17, 15) is 31.2 Å². The van der Waals surface area contributed by atoms with Gasteiger partial charge in [-0.15, -0.1) is 0 Å². The Kier molecular flexibility index (Phi) is 10.3. The molecule has 3 aromatic carbocycles. The van der Waals surface area contributed by atoms with Crippen molar-refractivity contribution in [2.45, 2.75) is 50.5 Å². The van der Waals surface area contributed by atoms with Gasteiger partial charge in [0.2, 0.25) is 11.8 Å². The zero-order chi connectivity index (χ0) is 30.5. The number of anilines is 1.